The van der Waals surface area contributed by atoms with Crippen molar-refractivity contribution in [3.05, 3.63) is 40.2 Å². The third kappa shape index (κ3) is 3.49. The molecule has 0 aliphatic carbocycles. The smallest absolute Gasteiger partial charge is 0.270 e. The van der Waals surface area contributed by atoms with E-state index < -0.39 is 5.56 Å². The second-order valence-electron chi connectivity index (χ2n) is 4.61. The van der Waals surface area contributed by atoms with Gasteiger partial charge in [-0.15, -0.1) is 0 Å². The van der Waals surface area contributed by atoms with Crippen LogP contribution in [0.4, 0.5) is 0 Å². The summed E-state index contributed by atoms with van der Waals surface area (Å²) in [6, 6.07) is 9.28. The SMILES string of the molecule is CCCCOc1ccccc1-c1nc(SC)[nH]c(=O)c1C#N. The van der Waals surface area contributed by atoms with Gasteiger partial charge in [0.25, 0.3) is 5.56 Å². The number of hydrogen-bond donors (Lipinski definition) is 1. The van der Waals surface area contributed by atoms with Crippen LogP contribution in [0, 0.1) is 11.3 Å². The molecule has 2 aromatic rings. The molecule has 1 heterocycles. The summed E-state index contributed by atoms with van der Waals surface area (Å²) >= 11 is 1.32. The van der Waals surface area contributed by atoms with Crippen molar-refractivity contribution in [1.29, 1.82) is 5.26 Å². The molecule has 1 aromatic carbocycles. The molecule has 0 aliphatic rings. The summed E-state index contributed by atoms with van der Waals surface area (Å²) in [5.41, 5.74) is 0.601. The van der Waals surface area contributed by atoms with Crippen LogP contribution in [-0.4, -0.2) is 22.8 Å². The summed E-state index contributed by atoms with van der Waals surface area (Å²) < 4.78 is 5.78. The van der Waals surface area contributed by atoms with Gasteiger partial charge in [0.15, 0.2) is 5.16 Å². The molecule has 6 heteroatoms. The van der Waals surface area contributed by atoms with Gasteiger partial charge in [-0.2, -0.15) is 5.26 Å². The molecule has 0 spiro atoms. The van der Waals surface area contributed by atoms with Gasteiger partial charge >= 0.3 is 0 Å². The first-order valence-electron chi connectivity index (χ1n) is 7.01. The third-order valence-electron chi connectivity index (χ3n) is 3.10. The molecule has 22 heavy (non-hydrogen) atoms. The maximum absolute atomic E-state index is 12.0. The molecule has 0 unspecified atom stereocenters. The number of benzene rings is 1. The van der Waals surface area contributed by atoms with Gasteiger partial charge in [0.05, 0.1) is 6.61 Å². The first-order valence-corrected chi connectivity index (χ1v) is 8.24. The maximum atomic E-state index is 12.0. The van der Waals surface area contributed by atoms with Crippen LogP contribution < -0.4 is 10.3 Å². The second kappa shape index (κ2) is 7.66. The van der Waals surface area contributed by atoms with Crippen LogP contribution in [0.2, 0.25) is 0 Å². The van der Waals surface area contributed by atoms with Gasteiger partial charge in [-0.25, -0.2) is 4.98 Å². The molecule has 0 saturated heterocycles. The van der Waals surface area contributed by atoms with Gasteiger partial charge in [-0.1, -0.05) is 37.2 Å². The number of nitriles is 1. The molecule has 0 saturated carbocycles. The number of para-hydroxylation sites is 1. The summed E-state index contributed by atoms with van der Waals surface area (Å²) in [6.07, 6.45) is 3.79. The minimum atomic E-state index is -0.430. The first kappa shape index (κ1) is 16.1. The summed E-state index contributed by atoms with van der Waals surface area (Å²) in [5.74, 6) is 0.637. The highest BCUT2D eigenvalue weighted by atomic mass is 32.2. The molecule has 5 nitrogen and oxygen atoms in total. The Hall–Kier alpha value is -2.26. The molecule has 1 N–H and O–H groups in total. The normalized spacial score (nSPS) is 10.2. The number of nitrogens with zero attached hydrogens (tertiary/aromatic N) is 2. The topological polar surface area (TPSA) is 78.8 Å². The van der Waals surface area contributed by atoms with Crippen molar-refractivity contribution in [2.24, 2.45) is 0 Å². The van der Waals surface area contributed by atoms with Crippen molar-refractivity contribution in [3.8, 4) is 23.1 Å². The Morgan fingerprint density at radius 3 is 2.86 bits per heavy atom. The Kier molecular flexibility index (Phi) is 5.61. The minimum absolute atomic E-state index is 0.00402. The molecule has 0 bridgehead atoms. The number of aromatic amines is 1. The van der Waals surface area contributed by atoms with E-state index in [1.165, 1.54) is 11.8 Å². The number of rotatable bonds is 6. The van der Waals surface area contributed by atoms with E-state index in [4.69, 9.17) is 4.74 Å². The van der Waals surface area contributed by atoms with Crippen molar-refractivity contribution in [2.45, 2.75) is 24.9 Å². The predicted molar refractivity (Wildman–Crippen MR) is 87.2 cm³/mol. The largest absolute Gasteiger partial charge is 0.493 e. The zero-order valence-corrected chi connectivity index (χ0v) is 13.4. The standard InChI is InChI=1S/C16H17N3O2S/c1-3-4-9-21-13-8-6-5-7-11(13)14-12(10-17)15(20)19-16(18-14)22-2/h5-8H,3-4,9H2,1-2H3,(H,18,19,20). The van der Waals surface area contributed by atoms with Crippen molar-refractivity contribution in [1.82, 2.24) is 9.97 Å². The highest BCUT2D eigenvalue weighted by Crippen LogP contribution is 2.30. The second-order valence-corrected chi connectivity index (χ2v) is 5.40. The third-order valence-corrected chi connectivity index (χ3v) is 3.68. The summed E-state index contributed by atoms with van der Waals surface area (Å²) in [6.45, 7) is 2.68. The minimum Gasteiger partial charge on any atom is -0.493 e. The van der Waals surface area contributed by atoms with Crippen LogP contribution in [-0.2, 0) is 0 Å². The van der Waals surface area contributed by atoms with E-state index in [1.807, 2.05) is 36.6 Å². The zero-order chi connectivity index (χ0) is 15.9. The van der Waals surface area contributed by atoms with Crippen molar-refractivity contribution >= 4 is 11.8 Å². The average molecular weight is 315 g/mol. The quantitative estimate of drug-likeness (QED) is 0.503. The predicted octanol–water partition coefficient (Wildman–Crippen LogP) is 3.21. The van der Waals surface area contributed by atoms with Gasteiger partial charge in [0, 0.05) is 5.56 Å². The fraction of sp³-hybridized carbons (Fsp3) is 0.312. The number of H-pyrrole nitrogens is 1. The molecule has 1 aromatic heterocycles. The lowest BCUT2D eigenvalue weighted by Gasteiger charge is -2.12. The van der Waals surface area contributed by atoms with E-state index in [-0.39, 0.29) is 5.56 Å². The van der Waals surface area contributed by atoms with Crippen LogP contribution in [0.5, 0.6) is 5.75 Å². The zero-order valence-electron chi connectivity index (χ0n) is 12.5. The van der Waals surface area contributed by atoms with Gasteiger partial charge in [-0.3, -0.25) is 4.79 Å². The summed E-state index contributed by atoms with van der Waals surface area (Å²) in [4.78, 5) is 19.0. The molecular weight excluding hydrogens is 298 g/mol. The Bertz CT molecular complexity index is 750. The van der Waals surface area contributed by atoms with Crippen LogP contribution in [0.3, 0.4) is 0 Å². The van der Waals surface area contributed by atoms with E-state index in [1.54, 1.807) is 0 Å². The molecule has 0 amide bonds. The Morgan fingerprint density at radius 1 is 1.41 bits per heavy atom. The van der Waals surface area contributed by atoms with Gasteiger partial charge in [-0.05, 0) is 24.8 Å². The number of nitrogens with one attached hydrogen (secondary N) is 1. The molecule has 2 rings (SSSR count). The lowest BCUT2D eigenvalue weighted by atomic mass is 10.1. The van der Waals surface area contributed by atoms with E-state index >= 15 is 0 Å². The Morgan fingerprint density at radius 2 is 2.18 bits per heavy atom. The molecule has 0 fully saturated rings. The van der Waals surface area contributed by atoms with Crippen LogP contribution in [0.1, 0.15) is 25.3 Å². The average Bonchev–Trinajstić information content (AvgIpc) is 2.54. The lowest BCUT2D eigenvalue weighted by Crippen LogP contribution is -2.15. The summed E-state index contributed by atoms with van der Waals surface area (Å²) in [5, 5.41) is 9.75. The number of aromatic nitrogens is 2. The fourth-order valence-electron chi connectivity index (χ4n) is 1.96. The van der Waals surface area contributed by atoms with Gasteiger partial charge < -0.3 is 9.72 Å². The van der Waals surface area contributed by atoms with E-state index in [9.17, 15) is 10.1 Å². The molecule has 114 valence electrons. The number of ether oxygens (including phenoxy) is 1. The number of hydrogen-bond acceptors (Lipinski definition) is 5. The highest BCUT2D eigenvalue weighted by Gasteiger charge is 2.16. The lowest BCUT2D eigenvalue weighted by molar-refractivity contribution is 0.310. The molecule has 0 radical (unpaired) electrons. The first-order chi connectivity index (χ1) is 10.7. The number of unbranched alkanes of at least 4 members (excludes halogenated alkanes) is 1. The Balaban J connectivity index is 2.54. The van der Waals surface area contributed by atoms with E-state index in [0.29, 0.717) is 28.8 Å². The van der Waals surface area contributed by atoms with Crippen LogP contribution in [0.25, 0.3) is 11.3 Å². The van der Waals surface area contributed by atoms with Gasteiger partial charge in [0.1, 0.15) is 23.1 Å². The Labute approximate surface area is 133 Å². The fourth-order valence-corrected chi connectivity index (χ4v) is 2.34. The maximum Gasteiger partial charge on any atom is 0.270 e. The van der Waals surface area contributed by atoms with Crippen LogP contribution >= 0.6 is 11.8 Å². The van der Waals surface area contributed by atoms with Crippen molar-refractivity contribution in [3.63, 3.8) is 0 Å². The van der Waals surface area contributed by atoms with E-state index in [0.717, 1.165) is 12.8 Å². The highest BCUT2D eigenvalue weighted by molar-refractivity contribution is 7.98. The molecule has 0 aliphatic heterocycles. The summed E-state index contributed by atoms with van der Waals surface area (Å²) in [7, 11) is 0. The van der Waals surface area contributed by atoms with Crippen molar-refractivity contribution in [2.75, 3.05) is 12.9 Å². The molecular formula is C16H17N3O2S. The monoisotopic (exact) mass is 315 g/mol. The van der Waals surface area contributed by atoms with E-state index in [2.05, 4.69) is 16.9 Å². The van der Waals surface area contributed by atoms with Gasteiger partial charge in [0.2, 0.25) is 0 Å². The van der Waals surface area contributed by atoms with Crippen LogP contribution in [0.15, 0.2) is 34.2 Å². The van der Waals surface area contributed by atoms with Crippen molar-refractivity contribution < 1.29 is 4.74 Å². The molecule has 0 atom stereocenters. The number of thioether (sulfide) groups is 1.